The lowest BCUT2D eigenvalue weighted by Gasteiger charge is -2.01. The number of hydrogen-bond acceptors (Lipinski definition) is 4. The van der Waals surface area contributed by atoms with E-state index >= 15 is 0 Å². The van der Waals surface area contributed by atoms with Crippen molar-refractivity contribution < 1.29 is 20.3 Å². The second-order valence-electron chi connectivity index (χ2n) is 4.92. The molecule has 2 N–H and O–H groups in total. The third-order valence-corrected chi connectivity index (χ3v) is 2.71. The van der Waals surface area contributed by atoms with Crippen molar-refractivity contribution in [2.75, 3.05) is 13.2 Å². The van der Waals surface area contributed by atoms with E-state index in [2.05, 4.69) is 52.0 Å². The Morgan fingerprint density at radius 1 is 0.857 bits per heavy atom. The van der Waals surface area contributed by atoms with Crippen molar-refractivity contribution in [3.63, 3.8) is 0 Å². The van der Waals surface area contributed by atoms with Crippen LogP contribution in [0.15, 0.2) is 30.3 Å². The van der Waals surface area contributed by atoms with Crippen LogP contribution < -0.4 is 0 Å². The molecular formula is C17H32O4. The van der Waals surface area contributed by atoms with E-state index in [1.165, 1.54) is 5.56 Å². The van der Waals surface area contributed by atoms with Crippen molar-refractivity contribution in [2.24, 2.45) is 0 Å². The molecule has 0 saturated heterocycles. The van der Waals surface area contributed by atoms with Gasteiger partial charge in [0.25, 0.3) is 0 Å². The Hall–Kier alpha value is -0.940. The van der Waals surface area contributed by atoms with Crippen molar-refractivity contribution in [3.8, 4) is 0 Å². The van der Waals surface area contributed by atoms with Gasteiger partial charge in [0, 0.05) is 0 Å². The zero-order valence-electron chi connectivity index (χ0n) is 13.9. The topological polar surface area (TPSA) is 58.9 Å². The molecule has 4 nitrogen and oxygen atoms in total. The molecule has 0 aliphatic rings. The van der Waals surface area contributed by atoms with Gasteiger partial charge in [0.15, 0.2) is 0 Å². The van der Waals surface area contributed by atoms with E-state index in [0.29, 0.717) is 5.92 Å². The van der Waals surface area contributed by atoms with Crippen LogP contribution in [0.4, 0.5) is 0 Å². The standard InChI is InChI=1S/C9H12.C8H18O2.H2O2/c1-8(2)9-6-4-3-5-7-9;1-3-5-7-9-10-8-6-4-2;1-2/h3-8H,1-2H3;3-8H2,1-2H3;1-2H. The van der Waals surface area contributed by atoms with Crippen LogP contribution in [0.25, 0.3) is 0 Å². The van der Waals surface area contributed by atoms with Crippen molar-refractivity contribution in [3.05, 3.63) is 35.9 Å². The van der Waals surface area contributed by atoms with Gasteiger partial charge in [-0.15, -0.1) is 0 Å². The normalized spacial score (nSPS) is 9.48. The van der Waals surface area contributed by atoms with Crippen molar-refractivity contribution in [1.29, 1.82) is 0 Å². The molecular weight excluding hydrogens is 268 g/mol. The van der Waals surface area contributed by atoms with Gasteiger partial charge in [-0.1, -0.05) is 70.9 Å². The highest BCUT2D eigenvalue weighted by molar-refractivity contribution is 5.17. The molecule has 21 heavy (non-hydrogen) atoms. The number of unbranched alkanes of at least 4 members (excludes halogenated alkanes) is 2. The minimum absolute atomic E-state index is 0.659. The average Bonchev–Trinajstić information content (AvgIpc) is 2.54. The summed E-state index contributed by atoms with van der Waals surface area (Å²) in [4.78, 5) is 9.75. The summed E-state index contributed by atoms with van der Waals surface area (Å²) in [6.45, 7) is 10.1. The van der Waals surface area contributed by atoms with E-state index in [4.69, 9.17) is 20.3 Å². The average molecular weight is 300 g/mol. The van der Waals surface area contributed by atoms with E-state index in [1.54, 1.807) is 0 Å². The molecule has 0 radical (unpaired) electrons. The first-order valence-electron chi connectivity index (χ1n) is 7.71. The van der Waals surface area contributed by atoms with Crippen LogP contribution in [0.1, 0.15) is 64.9 Å². The Balaban J connectivity index is 0. The molecule has 0 bridgehead atoms. The maximum Gasteiger partial charge on any atom is 0.0822 e. The largest absolute Gasteiger partial charge is 0.255 e. The van der Waals surface area contributed by atoms with E-state index in [9.17, 15) is 0 Å². The van der Waals surface area contributed by atoms with Crippen LogP contribution in [0, 0.1) is 0 Å². The fourth-order valence-corrected chi connectivity index (χ4v) is 1.36. The van der Waals surface area contributed by atoms with Crippen LogP contribution >= 0.6 is 0 Å². The highest BCUT2D eigenvalue weighted by Gasteiger charge is 1.93. The summed E-state index contributed by atoms with van der Waals surface area (Å²) in [6.07, 6.45) is 4.51. The highest BCUT2D eigenvalue weighted by Crippen LogP contribution is 2.11. The van der Waals surface area contributed by atoms with Crippen molar-refractivity contribution in [2.45, 2.75) is 59.3 Å². The number of benzene rings is 1. The lowest BCUT2D eigenvalue weighted by Crippen LogP contribution is -1.97. The summed E-state index contributed by atoms with van der Waals surface area (Å²) in [5.41, 5.74) is 1.41. The Labute approximate surface area is 129 Å². The zero-order chi connectivity index (χ0) is 16.3. The molecule has 0 aliphatic carbocycles. The fraction of sp³-hybridized carbons (Fsp3) is 0.647. The van der Waals surface area contributed by atoms with Crippen LogP contribution in [0.3, 0.4) is 0 Å². The fourth-order valence-electron chi connectivity index (χ4n) is 1.36. The van der Waals surface area contributed by atoms with Gasteiger partial charge < -0.3 is 0 Å². The molecule has 0 heterocycles. The molecule has 1 rings (SSSR count). The molecule has 0 aliphatic heterocycles. The Kier molecular flexibility index (Phi) is 20.3. The van der Waals surface area contributed by atoms with E-state index in [0.717, 1.165) is 38.9 Å². The lowest BCUT2D eigenvalue weighted by atomic mass is 10.0. The SMILES string of the molecule is CC(C)c1ccccc1.CCCCOOCCCC.OO. The first kappa shape index (κ1) is 22.3. The van der Waals surface area contributed by atoms with Crippen LogP contribution in [0.5, 0.6) is 0 Å². The van der Waals surface area contributed by atoms with Crippen LogP contribution in [-0.4, -0.2) is 23.7 Å². The summed E-state index contributed by atoms with van der Waals surface area (Å²) in [6, 6.07) is 10.5. The minimum atomic E-state index is 0.659. The van der Waals surface area contributed by atoms with Crippen LogP contribution in [0.2, 0.25) is 0 Å². The van der Waals surface area contributed by atoms with E-state index in [-0.39, 0.29) is 0 Å². The summed E-state index contributed by atoms with van der Waals surface area (Å²) in [5.74, 6) is 0.659. The minimum Gasteiger partial charge on any atom is -0.255 e. The molecule has 0 spiro atoms. The molecule has 0 unspecified atom stereocenters. The molecule has 0 saturated carbocycles. The van der Waals surface area contributed by atoms with Gasteiger partial charge in [-0.3, -0.25) is 10.5 Å². The number of hydrogen-bond donors (Lipinski definition) is 2. The summed E-state index contributed by atoms with van der Waals surface area (Å²) in [5, 5.41) is 12.0. The molecule has 0 amide bonds. The predicted molar refractivity (Wildman–Crippen MR) is 87.5 cm³/mol. The lowest BCUT2D eigenvalue weighted by molar-refractivity contribution is -0.295. The second kappa shape index (κ2) is 19.1. The van der Waals surface area contributed by atoms with Gasteiger partial charge in [-0.25, -0.2) is 9.78 Å². The van der Waals surface area contributed by atoms with Gasteiger partial charge in [0.1, 0.15) is 0 Å². The van der Waals surface area contributed by atoms with Gasteiger partial charge in [0.2, 0.25) is 0 Å². The molecule has 4 heteroatoms. The van der Waals surface area contributed by atoms with Crippen molar-refractivity contribution >= 4 is 0 Å². The molecule has 0 atom stereocenters. The first-order chi connectivity index (χ1) is 10.2. The molecule has 0 fully saturated rings. The third-order valence-electron chi connectivity index (χ3n) is 2.71. The zero-order valence-corrected chi connectivity index (χ0v) is 13.9. The van der Waals surface area contributed by atoms with Crippen molar-refractivity contribution in [1.82, 2.24) is 0 Å². The molecule has 0 aromatic heterocycles. The quantitative estimate of drug-likeness (QED) is 0.385. The maximum absolute atomic E-state index is 6.00. The molecule has 1 aromatic carbocycles. The maximum atomic E-state index is 6.00. The monoisotopic (exact) mass is 300 g/mol. The number of rotatable bonds is 8. The Bertz CT molecular complexity index is 267. The van der Waals surface area contributed by atoms with E-state index in [1.807, 2.05) is 6.07 Å². The van der Waals surface area contributed by atoms with Gasteiger partial charge >= 0.3 is 0 Å². The summed E-state index contributed by atoms with van der Waals surface area (Å²) in [7, 11) is 0. The summed E-state index contributed by atoms with van der Waals surface area (Å²) >= 11 is 0. The summed E-state index contributed by atoms with van der Waals surface area (Å²) < 4.78 is 0. The Morgan fingerprint density at radius 2 is 1.29 bits per heavy atom. The Morgan fingerprint density at radius 3 is 1.57 bits per heavy atom. The van der Waals surface area contributed by atoms with Gasteiger partial charge in [0.05, 0.1) is 13.2 Å². The highest BCUT2D eigenvalue weighted by atomic mass is 17.2. The molecule has 124 valence electrons. The van der Waals surface area contributed by atoms with Gasteiger partial charge in [-0.2, -0.15) is 0 Å². The van der Waals surface area contributed by atoms with E-state index < -0.39 is 0 Å². The molecule has 1 aromatic rings. The second-order valence-corrected chi connectivity index (χ2v) is 4.92. The van der Waals surface area contributed by atoms with Gasteiger partial charge in [-0.05, 0) is 24.3 Å². The third kappa shape index (κ3) is 17.0. The smallest absolute Gasteiger partial charge is 0.0822 e. The first-order valence-corrected chi connectivity index (χ1v) is 7.71. The predicted octanol–water partition coefficient (Wildman–Crippen LogP) is 5.36. The van der Waals surface area contributed by atoms with Crippen LogP contribution in [-0.2, 0) is 9.78 Å².